The lowest BCUT2D eigenvalue weighted by atomic mass is 10.1. The summed E-state index contributed by atoms with van der Waals surface area (Å²) < 4.78 is 33.6. The molecule has 4 rings (SSSR count). The number of aromatic nitrogens is 1. The second-order valence-corrected chi connectivity index (χ2v) is 10.4. The van der Waals surface area contributed by atoms with Crippen LogP contribution in [0.2, 0.25) is 0 Å². The van der Waals surface area contributed by atoms with Crippen LogP contribution in [-0.2, 0) is 23.0 Å². The predicted octanol–water partition coefficient (Wildman–Crippen LogP) is 4.49. The van der Waals surface area contributed by atoms with Crippen molar-refractivity contribution in [1.29, 1.82) is 0 Å². The number of aryl methyl sites for hydroxylation is 3. The quantitative estimate of drug-likeness (QED) is 0.614. The summed E-state index contributed by atoms with van der Waals surface area (Å²) in [6.45, 7) is 6.56. The molecule has 0 saturated carbocycles. The largest absolute Gasteiger partial charge is 0.497 e. The normalized spacial score (nSPS) is 14.6. The zero-order chi connectivity index (χ0) is 20.8. The highest BCUT2D eigenvalue weighted by Crippen LogP contribution is 2.35. The first-order chi connectivity index (χ1) is 13.8. The Kier molecular flexibility index (Phi) is 5.23. The van der Waals surface area contributed by atoms with Gasteiger partial charge in [0, 0.05) is 23.4 Å². The maximum Gasteiger partial charge on any atom is 0.243 e. The summed E-state index contributed by atoms with van der Waals surface area (Å²) in [6, 6.07) is 11.7. The molecule has 1 aliphatic heterocycles. The number of methoxy groups -OCH3 is 1. The minimum atomic E-state index is -3.55. The van der Waals surface area contributed by atoms with Crippen LogP contribution in [0.5, 0.6) is 5.75 Å². The second-order valence-electron chi connectivity index (χ2n) is 7.43. The summed E-state index contributed by atoms with van der Waals surface area (Å²) in [5.41, 5.74) is 4.70. The van der Waals surface area contributed by atoms with E-state index in [0.717, 1.165) is 43.6 Å². The molecule has 0 aliphatic carbocycles. The first kappa shape index (κ1) is 20.1. The number of hydrogen-bond donors (Lipinski definition) is 0. The van der Waals surface area contributed by atoms with E-state index in [1.54, 1.807) is 22.8 Å². The van der Waals surface area contributed by atoms with Crippen molar-refractivity contribution in [3.8, 4) is 16.3 Å². The van der Waals surface area contributed by atoms with Crippen LogP contribution < -0.4 is 4.74 Å². The maximum atomic E-state index is 13.4. The third-order valence-corrected chi connectivity index (χ3v) is 8.52. The third-order valence-electron chi connectivity index (χ3n) is 5.24. The van der Waals surface area contributed by atoms with Gasteiger partial charge in [0.2, 0.25) is 10.0 Å². The summed E-state index contributed by atoms with van der Waals surface area (Å²) in [5, 5.41) is 0.916. The monoisotopic (exact) mass is 428 g/mol. The Labute approximate surface area is 176 Å². The summed E-state index contributed by atoms with van der Waals surface area (Å²) in [4.78, 5) is 6.23. The molecule has 0 bridgehead atoms. The van der Waals surface area contributed by atoms with E-state index in [4.69, 9.17) is 9.72 Å². The highest BCUT2D eigenvalue weighted by atomic mass is 32.2. The molecule has 152 valence electrons. The van der Waals surface area contributed by atoms with Crippen LogP contribution >= 0.6 is 11.3 Å². The van der Waals surface area contributed by atoms with E-state index in [1.165, 1.54) is 0 Å². The molecule has 0 N–H and O–H groups in total. The highest BCUT2D eigenvalue weighted by molar-refractivity contribution is 7.89. The fourth-order valence-corrected chi connectivity index (χ4v) is 6.97. The van der Waals surface area contributed by atoms with Crippen LogP contribution in [0.3, 0.4) is 0 Å². The SMILES string of the molecule is COc1ccc(-c2nc3c(s2)CN(S(=O)(=O)c2c(C)cc(C)cc2C)CC3)cc1. The van der Waals surface area contributed by atoms with Gasteiger partial charge in [-0.2, -0.15) is 4.31 Å². The van der Waals surface area contributed by atoms with Crippen molar-refractivity contribution in [2.45, 2.75) is 38.6 Å². The first-order valence-electron chi connectivity index (χ1n) is 9.50. The van der Waals surface area contributed by atoms with Crippen molar-refractivity contribution in [2.75, 3.05) is 13.7 Å². The van der Waals surface area contributed by atoms with Crippen LogP contribution in [-0.4, -0.2) is 31.4 Å². The predicted molar refractivity (Wildman–Crippen MR) is 116 cm³/mol. The van der Waals surface area contributed by atoms with Crippen LogP contribution in [0.25, 0.3) is 10.6 Å². The number of thiazole rings is 1. The molecule has 0 spiro atoms. The lowest BCUT2D eigenvalue weighted by Gasteiger charge is -2.27. The molecule has 0 radical (unpaired) electrons. The Balaban J connectivity index is 1.64. The first-order valence-corrected chi connectivity index (χ1v) is 11.8. The minimum Gasteiger partial charge on any atom is -0.497 e. The van der Waals surface area contributed by atoms with Gasteiger partial charge in [-0.25, -0.2) is 13.4 Å². The van der Waals surface area contributed by atoms with E-state index >= 15 is 0 Å². The molecular formula is C22H24N2O3S2. The summed E-state index contributed by atoms with van der Waals surface area (Å²) in [6.07, 6.45) is 0.630. The molecule has 7 heteroatoms. The van der Waals surface area contributed by atoms with E-state index in [2.05, 4.69) is 0 Å². The molecule has 1 aliphatic rings. The van der Waals surface area contributed by atoms with Crippen molar-refractivity contribution in [3.05, 3.63) is 63.7 Å². The lowest BCUT2D eigenvalue weighted by Crippen LogP contribution is -2.36. The van der Waals surface area contributed by atoms with Gasteiger partial charge in [-0.3, -0.25) is 0 Å². The van der Waals surface area contributed by atoms with Crippen LogP contribution in [0.1, 0.15) is 27.3 Å². The van der Waals surface area contributed by atoms with E-state index in [9.17, 15) is 8.42 Å². The van der Waals surface area contributed by atoms with Gasteiger partial charge in [0.05, 0.1) is 24.2 Å². The van der Waals surface area contributed by atoms with Gasteiger partial charge >= 0.3 is 0 Å². The van der Waals surface area contributed by atoms with Gasteiger partial charge in [0.1, 0.15) is 10.8 Å². The van der Waals surface area contributed by atoms with E-state index in [0.29, 0.717) is 24.4 Å². The number of rotatable bonds is 4. The molecule has 29 heavy (non-hydrogen) atoms. The zero-order valence-electron chi connectivity index (χ0n) is 17.0. The molecule has 5 nitrogen and oxygen atoms in total. The van der Waals surface area contributed by atoms with E-state index < -0.39 is 10.0 Å². The standard InChI is InChI=1S/C22H24N2O3S2/c1-14-11-15(2)21(16(3)12-14)29(25,26)24-10-9-19-20(13-24)28-22(23-19)17-5-7-18(27-4)8-6-17/h5-8,11-12H,9-10,13H2,1-4H3. The summed E-state index contributed by atoms with van der Waals surface area (Å²) in [5.74, 6) is 0.802. The summed E-state index contributed by atoms with van der Waals surface area (Å²) >= 11 is 1.57. The van der Waals surface area contributed by atoms with Crippen LogP contribution in [0, 0.1) is 20.8 Å². The van der Waals surface area contributed by atoms with E-state index in [-0.39, 0.29) is 0 Å². The highest BCUT2D eigenvalue weighted by Gasteiger charge is 2.32. The number of ether oxygens (including phenoxy) is 1. The van der Waals surface area contributed by atoms with Crippen LogP contribution in [0.4, 0.5) is 0 Å². The average Bonchev–Trinajstić information content (AvgIpc) is 3.10. The summed E-state index contributed by atoms with van der Waals surface area (Å²) in [7, 11) is -1.91. The average molecular weight is 429 g/mol. The van der Waals surface area contributed by atoms with Gasteiger partial charge in [0.25, 0.3) is 0 Å². The molecule has 0 unspecified atom stereocenters. The fraction of sp³-hybridized carbons (Fsp3) is 0.318. The Hall–Kier alpha value is -2.22. The topological polar surface area (TPSA) is 59.5 Å². The van der Waals surface area contributed by atoms with Gasteiger partial charge in [-0.1, -0.05) is 17.7 Å². The van der Waals surface area contributed by atoms with Gasteiger partial charge in [-0.15, -0.1) is 11.3 Å². The Morgan fingerprint density at radius 3 is 2.34 bits per heavy atom. The molecule has 3 aromatic rings. The van der Waals surface area contributed by atoms with Gasteiger partial charge in [-0.05, 0) is 56.2 Å². The van der Waals surface area contributed by atoms with Gasteiger partial charge in [0.15, 0.2) is 0 Å². The molecule has 0 atom stereocenters. The van der Waals surface area contributed by atoms with Crippen molar-refractivity contribution < 1.29 is 13.2 Å². The molecule has 0 saturated heterocycles. The lowest BCUT2D eigenvalue weighted by molar-refractivity contribution is 0.392. The van der Waals surface area contributed by atoms with E-state index in [1.807, 2.05) is 57.2 Å². The zero-order valence-corrected chi connectivity index (χ0v) is 18.7. The fourth-order valence-electron chi connectivity index (χ4n) is 3.94. The number of fused-ring (bicyclic) bond motifs is 1. The van der Waals surface area contributed by atoms with Crippen molar-refractivity contribution in [2.24, 2.45) is 0 Å². The second kappa shape index (κ2) is 7.55. The maximum absolute atomic E-state index is 13.4. The van der Waals surface area contributed by atoms with Crippen molar-refractivity contribution in [1.82, 2.24) is 9.29 Å². The number of nitrogens with zero attached hydrogens (tertiary/aromatic N) is 2. The molecule has 0 amide bonds. The third kappa shape index (κ3) is 3.70. The van der Waals surface area contributed by atoms with Gasteiger partial charge < -0.3 is 4.74 Å². The minimum absolute atomic E-state index is 0.373. The number of hydrogen-bond acceptors (Lipinski definition) is 5. The molecular weight excluding hydrogens is 404 g/mol. The molecule has 2 heterocycles. The number of sulfonamides is 1. The Bertz CT molecular complexity index is 1140. The molecule has 2 aromatic carbocycles. The van der Waals surface area contributed by atoms with Crippen LogP contribution in [0.15, 0.2) is 41.3 Å². The molecule has 0 fully saturated rings. The number of benzene rings is 2. The molecule has 1 aromatic heterocycles. The van der Waals surface area contributed by atoms with Crippen molar-refractivity contribution >= 4 is 21.4 Å². The van der Waals surface area contributed by atoms with Crippen molar-refractivity contribution in [3.63, 3.8) is 0 Å². The Morgan fingerprint density at radius 1 is 1.07 bits per heavy atom. The Morgan fingerprint density at radius 2 is 1.72 bits per heavy atom. The smallest absolute Gasteiger partial charge is 0.243 e.